The molecule has 5 heteroatoms. The molecule has 18 heavy (non-hydrogen) atoms. The summed E-state index contributed by atoms with van der Waals surface area (Å²) in [6, 6.07) is 3.36. The summed E-state index contributed by atoms with van der Waals surface area (Å²) in [6.45, 7) is 3.93. The summed E-state index contributed by atoms with van der Waals surface area (Å²) in [6.07, 6.45) is 2.36. The fraction of sp³-hybridized carbons (Fsp3) is 0.615. The summed E-state index contributed by atoms with van der Waals surface area (Å²) in [5.41, 5.74) is 0. The van der Waals surface area contributed by atoms with Crippen LogP contribution in [-0.4, -0.2) is 42.3 Å². The van der Waals surface area contributed by atoms with E-state index in [1.54, 1.807) is 13.2 Å². The minimum absolute atomic E-state index is 0.00336. The maximum atomic E-state index is 10.8. The Morgan fingerprint density at radius 3 is 2.67 bits per heavy atom. The zero-order chi connectivity index (χ0) is 13.1. The van der Waals surface area contributed by atoms with E-state index in [0.717, 1.165) is 25.9 Å². The largest absolute Gasteiger partial charge is 0.475 e. The first-order valence-electron chi connectivity index (χ1n) is 6.21. The number of ether oxygens (including phenoxy) is 1. The van der Waals surface area contributed by atoms with E-state index in [1.807, 2.05) is 6.92 Å². The third-order valence-electron chi connectivity index (χ3n) is 3.61. The number of nitrogens with zero attached hydrogens (tertiary/aromatic N) is 1. The fourth-order valence-electron chi connectivity index (χ4n) is 2.37. The van der Waals surface area contributed by atoms with Crippen LogP contribution in [-0.2, 0) is 4.74 Å². The smallest absolute Gasteiger partial charge is 0.371 e. The van der Waals surface area contributed by atoms with Crippen LogP contribution in [0.1, 0.15) is 42.1 Å². The highest BCUT2D eigenvalue weighted by Crippen LogP contribution is 2.26. The quantitative estimate of drug-likeness (QED) is 0.890. The van der Waals surface area contributed by atoms with Gasteiger partial charge in [0, 0.05) is 20.2 Å². The van der Waals surface area contributed by atoms with Gasteiger partial charge >= 0.3 is 5.97 Å². The first-order chi connectivity index (χ1) is 8.61. The molecular weight excluding hydrogens is 234 g/mol. The molecule has 1 N–H and O–H groups in total. The Morgan fingerprint density at radius 1 is 1.50 bits per heavy atom. The van der Waals surface area contributed by atoms with Crippen LogP contribution in [0.2, 0.25) is 0 Å². The summed E-state index contributed by atoms with van der Waals surface area (Å²) >= 11 is 0. The second-order valence-electron chi connectivity index (χ2n) is 4.65. The van der Waals surface area contributed by atoms with E-state index >= 15 is 0 Å². The van der Waals surface area contributed by atoms with Crippen molar-refractivity contribution in [2.24, 2.45) is 0 Å². The normalized spacial score (nSPS) is 19.9. The van der Waals surface area contributed by atoms with Crippen LogP contribution < -0.4 is 0 Å². The molecule has 1 saturated heterocycles. The molecule has 0 aliphatic carbocycles. The Bertz CT molecular complexity index is 407. The first kappa shape index (κ1) is 13.1. The van der Waals surface area contributed by atoms with E-state index in [9.17, 15) is 4.79 Å². The van der Waals surface area contributed by atoms with E-state index in [2.05, 4.69) is 4.90 Å². The van der Waals surface area contributed by atoms with E-state index in [-0.39, 0.29) is 11.8 Å². The van der Waals surface area contributed by atoms with Crippen LogP contribution in [0, 0.1) is 0 Å². The van der Waals surface area contributed by atoms with Gasteiger partial charge < -0.3 is 14.3 Å². The third-order valence-corrected chi connectivity index (χ3v) is 3.61. The van der Waals surface area contributed by atoms with Gasteiger partial charge in [-0.1, -0.05) is 0 Å². The lowest BCUT2D eigenvalue weighted by atomic mass is 10.1. The van der Waals surface area contributed by atoms with Crippen molar-refractivity contribution in [2.75, 3.05) is 20.2 Å². The molecular formula is C13H19NO4. The highest BCUT2D eigenvalue weighted by atomic mass is 16.5. The second-order valence-corrected chi connectivity index (χ2v) is 4.65. The molecule has 1 atom stereocenters. The zero-order valence-electron chi connectivity index (χ0n) is 10.8. The van der Waals surface area contributed by atoms with Gasteiger partial charge in [-0.15, -0.1) is 0 Å². The molecule has 1 aromatic heterocycles. The summed E-state index contributed by atoms with van der Waals surface area (Å²) in [7, 11) is 1.75. The summed E-state index contributed by atoms with van der Waals surface area (Å²) in [4.78, 5) is 13.1. The van der Waals surface area contributed by atoms with E-state index < -0.39 is 5.97 Å². The van der Waals surface area contributed by atoms with Gasteiger partial charge in [-0.2, -0.15) is 0 Å². The van der Waals surface area contributed by atoms with Crippen LogP contribution >= 0.6 is 0 Å². The molecule has 0 spiro atoms. The van der Waals surface area contributed by atoms with Crippen molar-refractivity contribution in [3.8, 4) is 0 Å². The van der Waals surface area contributed by atoms with Gasteiger partial charge in [0.25, 0.3) is 0 Å². The number of methoxy groups -OCH3 is 1. The Labute approximate surface area is 106 Å². The van der Waals surface area contributed by atoms with Gasteiger partial charge in [-0.05, 0) is 31.9 Å². The van der Waals surface area contributed by atoms with E-state index in [0.29, 0.717) is 11.9 Å². The number of carboxylic acid groups (broad SMARTS) is 1. The number of carboxylic acids is 1. The van der Waals surface area contributed by atoms with Crippen molar-refractivity contribution in [3.05, 3.63) is 23.7 Å². The van der Waals surface area contributed by atoms with E-state index in [4.69, 9.17) is 14.3 Å². The molecule has 2 rings (SSSR count). The molecule has 0 saturated carbocycles. The Balaban J connectivity index is 1.98. The molecule has 1 aliphatic heterocycles. The van der Waals surface area contributed by atoms with Crippen molar-refractivity contribution in [1.29, 1.82) is 0 Å². The van der Waals surface area contributed by atoms with Crippen molar-refractivity contribution < 1.29 is 19.1 Å². The second kappa shape index (κ2) is 5.54. The molecule has 0 radical (unpaired) electrons. The minimum atomic E-state index is -1.02. The molecule has 1 unspecified atom stereocenters. The van der Waals surface area contributed by atoms with Crippen molar-refractivity contribution >= 4 is 5.97 Å². The molecule has 100 valence electrons. The highest BCUT2D eigenvalue weighted by molar-refractivity contribution is 5.84. The number of likely N-dealkylation sites (tertiary alicyclic amines) is 1. The number of hydrogen-bond acceptors (Lipinski definition) is 4. The number of furan rings is 1. The van der Waals surface area contributed by atoms with Crippen LogP contribution in [0.4, 0.5) is 0 Å². The fourth-order valence-corrected chi connectivity index (χ4v) is 2.37. The molecule has 1 fully saturated rings. The van der Waals surface area contributed by atoms with E-state index in [1.165, 1.54) is 6.07 Å². The minimum Gasteiger partial charge on any atom is -0.475 e. The van der Waals surface area contributed by atoms with Gasteiger partial charge in [0.15, 0.2) is 0 Å². The molecule has 2 heterocycles. The number of hydrogen-bond donors (Lipinski definition) is 1. The first-order valence-corrected chi connectivity index (χ1v) is 6.21. The van der Waals surface area contributed by atoms with Crippen molar-refractivity contribution in [3.63, 3.8) is 0 Å². The Hall–Kier alpha value is -1.33. The molecule has 1 aromatic rings. The predicted molar refractivity (Wildman–Crippen MR) is 65.7 cm³/mol. The monoisotopic (exact) mass is 253 g/mol. The average Bonchev–Trinajstić information content (AvgIpc) is 2.88. The molecule has 1 aliphatic rings. The molecule has 0 amide bonds. The lowest BCUT2D eigenvalue weighted by Gasteiger charge is -2.34. The van der Waals surface area contributed by atoms with Gasteiger partial charge in [0.05, 0.1) is 12.1 Å². The standard InChI is InChI=1S/C13H19NO4/c1-9(11-3-4-12(18-11)13(15)16)14-7-5-10(17-2)6-8-14/h3-4,9-10H,5-8H2,1-2H3,(H,15,16). The maximum absolute atomic E-state index is 10.8. The maximum Gasteiger partial charge on any atom is 0.371 e. The molecule has 0 bridgehead atoms. The van der Waals surface area contributed by atoms with Crippen LogP contribution in [0.15, 0.2) is 16.5 Å². The van der Waals surface area contributed by atoms with Gasteiger partial charge in [0.2, 0.25) is 5.76 Å². The van der Waals surface area contributed by atoms with Crippen molar-refractivity contribution in [2.45, 2.75) is 31.9 Å². The lowest BCUT2D eigenvalue weighted by molar-refractivity contribution is 0.0261. The van der Waals surface area contributed by atoms with Gasteiger partial charge in [-0.3, -0.25) is 4.90 Å². The summed E-state index contributed by atoms with van der Waals surface area (Å²) < 4.78 is 10.7. The molecule has 0 aromatic carbocycles. The number of piperidine rings is 1. The average molecular weight is 253 g/mol. The number of carbonyl (C=O) groups is 1. The lowest BCUT2D eigenvalue weighted by Crippen LogP contribution is -2.38. The third kappa shape index (κ3) is 2.73. The van der Waals surface area contributed by atoms with Crippen molar-refractivity contribution in [1.82, 2.24) is 4.90 Å². The highest BCUT2D eigenvalue weighted by Gasteiger charge is 2.25. The Morgan fingerprint density at radius 2 is 2.17 bits per heavy atom. The van der Waals surface area contributed by atoms with Crippen LogP contribution in [0.3, 0.4) is 0 Å². The van der Waals surface area contributed by atoms with Crippen LogP contribution in [0.25, 0.3) is 0 Å². The summed E-state index contributed by atoms with van der Waals surface area (Å²) in [5, 5.41) is 8.83. The van der Waals surface area contributed by atoms with Gasteiger partial charge in [-0.25, -0.2) is 4.79 Å². The zero-order valence-corrected chi connectivity index (χ0v) is 10.8. The number of rotatable bonds is 4. The van der Waals surface area contributed by atoms with Crippen LogP contribution in [0.5, 0.6) is 0 Å². The summed E-state index contributed by atoms with van der Waals surface area (Å²) in [5.74, 6) is -0.307. The SMILES string of the molecule is COC1CCN(C(C)c2ccc(C(=O)O)o2)CC1. The van der Waals surface area contributed by atoms with Gasteiger partial charge in [0.1, 0.15) is 5.76 Å². The predicted octanol–water partition coefficient (Wildman–Crippen LogP) is 2.15. The Kier molecular flexibility index (Phi) is 4.04. The number of aromatic carboxylic acids is 1. The topological polar surface area (TPSA) is 62.9 Å². The molecule has 5 nitrogen and oxygen atoms in total.